The van der Waals surface area contributed by atoms with E-state index in [1.54, 1.807) is 0 Å². The predicted molar refractivity (Wildman–Crippen MR) is 88.0 cm³/mol. The Bertz CT molecular complexity index is 869. The number of benzene rings is 2. The van der Waals surface area contributed by atoms with Gasteiger partial charge in [-0.1, -0.05) is 12.1 Å². The zero-order valence-electron chi connectivity index (χ0n) is 13.3. The molecular formula is C14H10N4O9. The summed E-state index contributed by atoms with van der Waals surface area (Å²) >= 11 is 0. The monoisotopic (exact) mass is 378 g/mol. The molecule has 140 valence electrons. The zero-order chi connectivity index (χ0) is 20.1. The molecule has 0 aliphatic carbocycles. The van der Waals surface area contributed by atoms with E-state index in [1.807, 2.05) is 0 Å². The molecule has 0 spiro atoms. The van der Waals surface area contributed by atoms with E-state index in [9.17, 15) is 40.5 Å². The van der Waals surface area contributed by atoms with Gasteiger partial charge in [-0.25, -0.2) is 0 Å². The normalized spacial score (nSPS) is 10.4. The second kappa shape index (κ2) is 7.92. The van der Waals surface area contributed by atoms with Crippen LogP contribution in [0.15, 0.2) is 36.4 Å². The number of hydrogen-bond acceptors (Lipinski definition) is 9. The van der Waals surface area contributed by atoms with Crippen molar-refractivity contribution >= 4 is 22.7 Å². The lowest BCUT2D eigenvalue weighted by Crippen LogP contribution is -2.05. The third-order valence-corrected chi connectivity index (χ3v) is 3.47. The molecule has 0 saturated heterocycles. The maximum Gasteiger partial charge on any atom is 0.351 e. The molecular weight excluding hydrogens is 368 g/mol. The second-order valence-corrected chi connectivity index (χ2v) is 5.09. The summed E-state index contributed by atoms with van der Waals surface area (Å²) in [5.74, 6) is 0. The number of nitro benzene ring substituents is 4. The van der Waals surface area contributed by atoms with E-state index in [2.05, 4.69) is 0 Å². The lowest BCUT2D eigenvalue weighted by atomic mass is 10.1. The Hall–Kier alpha value is -4.00. The highest BCUT2D eigenvalue weighted by Crippen LogP contribution is 2.33. The minimum absolute atomic E-state index is 0.109. The Morgan fingerprint density at radius 1 is 0.630 bits per heavy atom. The number of nitrogens with zero attached hydrogens (tertiary/aromatic N) is 4. The molecule has 2 aromatic carbocycles. The Kier molecular flexibility index (Phi) is 5.67. The summed E-state index contributed by atoms with van der Waals surface area (Å²) < 4.78 is 5.20. The highest BCUT2D eigenvalue weighted by atomic mass is 16.6. The molecule has 13 heteroatoms. The topological polar surface area (TPSA) is 182 Å². The summed E-state index contributed by atoms with van der Waals surface area (Å²) in [6.07, 6.45) is 0. The first kappa shape index (κ1) is 19.3. The van der Waals surface area contributed by atoms with Crippen LogP contribution in [0.25, 0.3) is 0 Å². The lowest BCUT2D eigenvalue weighted by molar-refractivity contribution is -0.423. The van der Waals surface area contributed by atoms with Gasteiger partial charge in [-0.05, 0) is 12.1 Å². The Balaban J connectivity index is 2.28. The summed E-state index contributed by atoms with van der Waals surface area (Å²) in [5, 5.41) is 44.1. The van der Waals surface area contributed by atoms with Crippen molar-refractivity contribution in [1.29, 1.82) is 0 Å². The van der Waals surface area contributed by atoms with Crippen molar-refractivity contribution in [2.75, 3.05) is 0 Å². The molecule has 0 unspecified atom stereocenters. The van der Waals surface area contributed by atoms with Crippen LogP contribution >= 0.6 is 0 Å². The molecule has 2 aromatic rings. The first-order valence-electron chi connectivity index (χ1n) is 7.13. The zero-order valence-corrected chi connectivity index (χ0v) is 13.3. The molecule has 0 saturated carbocycles. The fourth-order valence-electron chi connectivity index (χ4n) is 2.38. The lowest BCUT2D eigenvalue weighted by Gasteiger charge is -2.06. The first-order valence-corrected chi connectivity index (χ1v) is 7.13. The Labute approximate surface area is 149 Å². The molecule has 0 N–H and O–H groups in total. The third-order valence-electron chi connectivity index (χ3n) is 3.47. The van der Waals surface area contributed by atoms with Crippen molar-refractivity contribution < 1.29 is 24.4 Å². The van der Waals surface area contributed by atoms with Gasteiger partial charge in [0.15, 0.2) is 0 Å². The maximum absolute atomic E-state index is 11.1. The molecule has 0 aromatic heterocycles. The summed E-state index contributed by atoms with van der Waals surface area (Å²) in [7, 11) is 0. The molecule has 0 bridgehead atoms. The first-order chi connectivity index (χ1) is 12.7. The number of nitro groups is 4. The van der Waals surface area contributed by atoms with Crippen LogP contribution in [0.1, 0.15) is 11.1 Å². The van der Waals surface area contributed by atoms with Crippen LogP contribution in [-0.4, -0.2) is 19.7 Å². The van der Waals surface area contributed by atoms with Crippen molar-refractivity contribution in [2.24, 2.45) is 0 Å². The van der Waals surface area contributed by atoms with E-state index in [-0.39, 0.29) is 11.1 Å². The molecule has 0 atom stereocenters. The largest absolute Gasteiger partial charge is 0.372 e. The molecule has 0 amide bonds. The minimum atomic E-state index is -0.924. The van der Waals surface area contributed by atoms with Gasteiger partial charge in [0.05, 0.1) is 44.0 Å². The second-order valence-electron chi connectivity index (χ2n) is 5.09. The van der Waals surface area contributed by atoms with Crippen LogP contribution in [0.2, 0.25) is 0 Å². The summed E-state index contributed by atoms with van der Waals surface area (Å²) in [4.78, 5) is 40.4. The van der Waals surface area contributed by atoms with E-state index in [0.29, 0.717) is 0 Å². The fourth-order valence-corrected chi connectivity index (χ4v) is 2.38. The van der Waals surface area contributed by atoms with Gasteiger partial charge in [-0.2, -0.15) is 0 Å². The van der Waals surface area contributed by atoms with Gasteiger partial charge in [0.25, 0.3) is 0 Å². The van der Waals surface area contributed by atoms with E-state index < -0.39 is 55.7 Å². The predicted octanol–water partition coefficient (Wildman–Crippen LogP) is 3.04. The van der Waals surface area contributed by atoms with Crippen molar-refractivity contribution in [1.82, 2.24) is 0 Å². The molecule has 0 aliphatic heterocycles. The fraction of sp³-hybridized carbons (Fsp3) is 0.143. The van der Waals surface area contributed by atoms with E-state index >= 15 is 0 Å². The molecule has 0 fully saturated rings. The van der Waals surface area contributed by atoms with Crippen molar-refractivity contribution in [3.8, 4) is 0 Å². The maximum atomic E-state index is 11.1. The molecule has 0 radical (unpaired) electrons. The van der Waals surface area contributed by atoms with Gasteiger partial charge in [-0.15, -0.1) is 0 Å². The summed E-state index contributed by atoms with van der Waals surface area (Å²) in [5.41, 5.74) is -3.17. The molecule has 13 nitrogen and oxygen atoms in total. The van der Waals surface area contributed by atoms with Crippen molar-refractivity contribution in [2.45, 2.75) is 13.2 Å². The standard InChI is InChI=1S/C14H10N4O9/c19-15(20)11-5-1-3-9(13(11)17(23)24)7-27-8-10-4-2-6-12(16(21)22)14(10)18(25)26/h1-6H,7-8H2. The molecule has 27 heavy (non-hydrogen) atoms. The highest BCUT2D eigenvalue weighted by molar-refractivity contribution is 5.58. The van der Waals surface area contributed by atoms with Crippen LogP contribution in [-0.2, 0) is 18.0 Å². The minimum Gasteiger partial charge on any atom is -0.372 e. The van der Waals surface area contributed by atoms with Gasteiger partial charge in [-0.3, -0.25) is 40.5 Å². The smallest absolute Gasteiger partial charge is 0.351 e. The molecule has 0 heterocycles. The van der Waals surface area contributed by atoms with Crippen molar-refractivity contribution in [3.05, 3.63) is 88.0 Å². The average molecular weight is 378 g/mol. The summed E-state index contributed by atoms with van der Waals surface area (Å²) in [6.45, 7) is -0.921. The Morgan fingerprint density at radius 3 is 1.30 bits per heavy atom. The van der Waals surface area contributed by atoms with E-state index in [1.165, 1.54) is 24.3 Å². The van der Waals surface area contributed by atoms with Gasteiger partial charge >= 0.3 is 22.7 Å². The molecule has 2 rings (SSSR count). The van der Waals surface area contributed by atoms with E-state index in [0.717, 1.165) is 12.1 Å². The number of hydrogen-bond donors (Lipinski definition) is 0. The van der Waals surface area contributed by atoms with Crippen LogP contribution in [0.3, 0.4) is 0 Å². The van der Waals surface area contributed by atoms with Crippen LogP contribution < -0.4 is 0 Å². The number of ether oxygens (including phenoxy) is 1. The van der Waals surface area contributed by atoms with Crippen LogP contribution in [0, 0.1) is 40.5 Å². The SMILES string of the molecule is O=[N+]([O-])c1cccc(COCc2cccc([N+](=O)[O-])c2[N+](=O)[O-])c1[N+](=O)[O-]. The van der Waals surface area contributed by atoms with Gasteiger partial charge in [0, 0.05) is 12.1 Å². The van der Waals surface area contributed by atoms with E-state index in [4.69, 9.17) is 4.74 Å². The third kappa shape index (κ3) is 4.16. The van der Waals surface area contributed by atoms with Gasteiger partial charge in [0.2, 0.25) is 0 Å². The summed E-state index contributed by atoms with van der Waals surface area (Å²) in [6, 6.07) is 6.89. The molecule has 0 aliphatic rings. The quantitative estimate of drug-likeness (QED) is 0.492. The number of para-hydroxylation sites is 2. The Morgan fingerprint density at radius 2 is 1.00 bits per heavy atom. The van der Waals surface area contributed by atoms with Gasteiger partial charge < -0.3 is 4.74 Å². The average Bonchev–Trinajstić information content (AvgIpc) is 2.60. The van der Waals surface area contributed by atoms with Crippen LogP contribution in [0.4, 0.5) is 22.7 Å². The highest BCUT2D eigenvalue weighted by Gasteiger charge is 2.30. The van der Waals surface area contributed by atoms with Crippen molar-refractivity contribution in [3.63, 3.8) is 0 Å². The number of rotatable bonds is 8. The van der Waals surface area contributed by atoms with Crippen LogP contribution in [0.5, 0.6) is 0 Å². The van der Waals surface area contributed by atoms with Gasteiger partial charge in [0.1, 0.15) is 0 Å².